The van der Waals surface area contributed by atoms with E-state index in [1.54, 1.807) is 41.5 Å². The van der Waals surface area contributed by atoms with Crippen LogP contribution in [0.4, 0.5) is 23.4 Å². The van der Waals surface area contributed by atoms with Crippen LogP contribution in [0.5, 0.6) is 0 Å². The zero-order chi connectivity index (χ0) is 24.5. The summed E-state index contributed by atoms with van der Waals surface area (Å²) >= 11 is 0. The zero-order valence-corrected chi connectivity index (χ0v) is 19.1. The maximum absolute atomic E-state index is 14.8. The van der Waals surface area contributed by atoms with E-state index in [9.17, 15) is 17.6 Å². The molecule has 0 spiro atoms. The number of aryl methyl sites for hydroxylation is 2. The molecule has 0 fully saturated rings. The lowest BCUT2D eigenvalue weighted by Crippen LogP contribution is -2.22. The van der Waals surface area contributed by atoms with Gasteiger partial charge in [0.25, 0.3) is 0 Å². The van der Waals surface area contributed by atoms with Gasteiger partial charge in [-0.3, -0.25) is 4.68 Å². The number of hydrogen-bond donors (Lipinski definition) is 1. The Labute approximate surface area is 193 Å². The average molecular weight is 475 g/mol. The molecule has 11 heteroatoms. The maximum Gasteiger partial charge on any atom is 0.416 e. The molecule has 3 aromatic rings. The van der Waals surface area contributed by atoms with E-state index in [1.807, 2.05) is 0 Å². The first kappa shape index (κ1) is 23.7. The number of allylic oxidation sites excluding steroid dienone is 6. The smallest absolute Gasteiger partial charge is 0.359 e. The summed E-state index contributed by atoms with van der Waals surface area (Å²) in [6.07, 6.45) is 3.41. The van der Waals surface area contributed by atoms with Gasteiger partial charge in [-0.2, -0.15) is 23.4 Å². The average Bonchev–Trinajstić information content (AvgIpc) is 3.39. The summed E-state index contributed by atoms with van der Waals surface area (Å²) in [7, 11) is 0. The van der Waals surface area contributed by atoms with Gasteiger partial charge in [0.05, 0.1) is 23.0 Å². The van der Waals surface area contributed by atoms with Crippen molar-refractivity contribution in [1.29, 1.82) is 0 Å². The molecule has 0 saturated heterocycles. The summed E-state index contributed by atoms with van der Waals surface area (Å²) < 4.78 is 58.6. The number of alkyl halides is 3. The Morgan fingerprint density at radius 1 is 1.29 bits per heavy atom. The first-order chi connectivity index (χ1) is 16.2. The molecule has 3 aromatic heterocycles. The molecular formula is C23H25F4N7. The summed E-state index contributed by atoms with van der Waals surface area (Å²) in [6.45, 7) is 5.40. The SMILES string of the molecule is C\C=C(F)/C(=C\C(=C\CC)C(F)(F)F)c1cc2n(n1)CCCC2Nc1nccn2nc(C)nc12. The second-order valence-corrected chi connectivity index (χ2v) is 7.98. The zero-order valence-electron chi connectivity index (χ0n) is 19.1. The fourth-order valence-electron chi connectivity index (χ4n) is 4.01. The van der Waals surface area contributed by atoms with E-state index in [0.29, 0.717) is 23.8 Å². The van der Waals surface area contributed by atoms with Crippen molar-refractivity contribution in [2.24, 2.45) is 0 Å². The minimum Gasteiger partial charge on any atom is -0.359 e. The molecule has 1 aliphatic heterocycles. The van der Waals surface area contributed by atoms with Crippen LogP contribution in [0.1, 0.15) is 56.4 Å². The topological polar surface area (TPSA) is 72.9 Å². The Morgan fingerprint density at radius 2 is 2.09 bits per heavy atom. The molecule has 0 aromatic carbocycles. The number of aromatic nitrogens is 6. The fraction of sp³-hybridized carbons (Fsp3) is 0.391. The van der Waals surface area contributed by atoms with Crippen LogP contribution in [0, 0.1) is 6.92 Å². The number of nitrogens with zero attached hydrogens (tertiary/aromatic N) is 6. The monoisotopic (exact) mass is 475 g/mol. The van der Waals surface area contributed by atoms with Crippen molar-refractivity contribution in [2.45, 2.75) is 58.8 Å². The molecular weight excluding hydrogens is 450 g/mol. The third-order valence-electron chi connectivity index (χ3n) is 5.54. The molecule has 1 unspecified atom stereocenters. The van der Waals surface area contributed by atoms with Gasteiger partial charge < -0.3 is 5.32 Å². The molecule has 1 aliphatic rings. The number of fused-ring (bicyclic) bond motifs is 2. The van der Waals surface area contributed by atoms with Crippen molar-refractivity contribution in [1.82, 2.24) is 29.4 Å². The highest BCUT2D eigenvalue weighted by Crippen LogP contribution is 2.35. The highest BCUT2D eigenvalue weighted by Gasteiger charge is 2.33. The lowest BCUT2D eigenvalue weighted by molar-refractivity contribution is -0.0883. The van der Waals surface area contributed by atoms with Crippen molar-refractivity contribution >= 4 is 17.0 Å². The second-order valence-electron chi connectivity index (χ2n) is 7.98. The first-order valence-electron chi connectivity index (χ1n) is 11.0. The van der Waals surface area contributed by atoms with Crippen LogP contribution in [0.25, 0.3) is 11.2 Å². The maximum atomic E-state index is 14.8. The molecule has 0 aliphatic carbocycles. The van der Waals surface area contributed by atoms with Crippen molar-refractivity contribution in [3.8, 4) is 0 Å². The molecule has 1 N–H and O–H groups in total. The first-order valence-corrected chi connectivity index (χ1v) is 11.0. The molecule has 0 saturated carbocycles. The molecule has 4 rings (SSSR count). The van der Waals surface area contributed by atoms with Crippen LogP contribution in [0.15, 0.2) is 48.1 Å². The number of hydrogen-bond acceptors (Lipinski definition) is 5. The van der Waals surface area contributed by atoms with Crippen LogP contribution < -0.4 is 5.32 Å². The van der Waals surface area contributed by atoms with Crippen LogP contribution in [0.2, 0.25) is 0 Å². The van der Waals surface area contributed by atoms with E-state index in [4.69, 9.17) is 0 Å². The Kier molecular flexibility index (Phi) is 6.54. The lowest BCUT2D eigenvalue weighted by atomic mass is 10.0. The Morgan fingerprint density at radius 3 is 2.79 bits per heavy atom. The van der Waals surface area contributed by atoms with E-state index in [-0.39, 0.29) is 23.7 Å². The third kappa shape index (κ3) is 4.73. The van der Waals surface area contributed by atoms with Gasteiger partial charge in [-0.05, 0) is 45.3 Å². The number of rotatable bonds is 6. The van der Waals surface area contributed by atoms with E-state index in [0.717, 1.165) is 36.8 Å². The van der Waals surface area contributed by atoms with Crippen molar-refractivity contribution < 1.29 is 17.6 Å². The Hall–Kier alpha value is -3.50. The summed E-state index contributed by atoms with van der Waals surface area (Å²) in [5, 5.41) is 12.1. The predicted octanol–water partition coefficient (Wildman–Crippen LogP) is 5.73. The van der Waals surface area contributed by atoms with E-state index in [2.05, 4.69) is 25.5 Å². The summed E-state index contributed by atoms with van der Waals surface area (Å²) in [4.78, 5) is 8.78. The second kappa shape index (κ2) is 9.40. The Balaban J connectivity index is 1.73. The standard InChI is InChI=1S/C23H25F4N7/c1-4-7-15(23(25,26)27)12-16(17(24)5-2)19-13-20-18(8-6-10-33(20)32-19)30-21-22-29-14(3)31-34(22)11-9-28-21/h5,7,9,11-13,18H,4,6,8,10H2,1-3H3,(H,28,30)/b15-7-,16-12+,17-5+. The fourth-order valence-corrected chi connectivity index (χ4v) is 4.01. The molecule has 0 radical (unpaired) electrons. The van der Waals surface area contributed by atoms with E-state index >= 15 is 0 Å². The third-order valence-corrected chi connectivity index (χ3v) is 5.54. The molecule has 4 heterocycles. The molecule has 34 heavy (non-hydrogen) atoms. The predicted molar refractivity (Wildman–Crippen MR) is 121 cm³/mol. The lowest BCUT2D eigenvalue weighted by Gasteiger charge is -2.24. The van der Waals surface area contributed by atoms with Gasteiger partial charge in [-0.25, -0.2) is 18.9 Å². The summed E-state index contributed by atoms with van der Waals surface area (Å²) in [5.41, 5.74) is 0.352. The quantitative estimate of drug-likeness (QED) is 0.364. The Bertz CT molecular complexity index is 1280. The number of anilines is 1. The van der Waals surface area contributed by atoms with Crippen LogP contribution in [-0.2, 0) is 6.54 Å². The normalized spacial score (nSPS) is 17.9. The molecule has 1 atom stereocenters. The van der Waals surface area contributed by atoms with Gasteiger partial charge in [-0.15, -0.1) is 0 Å². The van der Waals surface area contributed by atoms with Crippen LogP contribution in [-0.4, -0.2) is 35.5 Å². The van der Waals surface area contributed by atoms with Crippen molar-refractivity contribution in [3.63, 3.8) is 0 Å². The minimum absolute atomic E-state index is 0.148. The molecule has 0 amide bonds. The largest absolute Gasteiger partial charge is 0.416 e. The summed E-state index contributed by atoms with van der Waals surface area (Å²) in [6, 6.07) is 1.41. The van der Waals surface area contributed by atoms with Gasteiger partial charge >= 0.3 is 6.18 Å². The molecule has 180 valence electrons. The van der Waals surface area contributed by atoms with Gasteiger partial charge in [-0.1, -0.05) is 19.1 Å². The van der Waals surface area contributed by atoms with Gasteiger partial charge in [0, 0.05) is 24.5 Å². The number of nitrogens with one attached hydrogen (secondary N) is 1. The highest BCUT2D eigenvalue weighted by molar-refractivity contribution is 5.77. The molecule has 0 bridgehead atoms. The van der Waals surface area contributed by atoms with Crippen molar-refractivity contribution in [3.05, 3.63) is 65.3 Å². The van der Waals surface area contributed by atoms with Crippen molar-refractivity contribution in [2.75, 3.05) is 5.32 Å². The molecule has 7 nitrogen and oxygen atoms in total. The highest BCUT2D eigenvalue weighted by atomic mass is 19.4. The summed E-state index contributed by atoms with van der Waals surface area (Å²) in [5.74, 6) is 0.366. The van der Waals surface area contributed by atoms with Crippen LogP contribution >= 0.6 is 0 Å². The van der Waals surface area contributed by atoms with E-state index in [1.165, 1.54) is 6.92 Å². The van der Waals surface area contributed by atoms with Gasteiger partial charge in [0.15, 0.2) is 11.5 Å². The number of halogens is 4. The van der Waals surface area contributed by atoms with Crippen LogP contribution in [0.3, 0.4) is 0 Å². The van der Waals surface area contributed by atoms with Gasteiger partial charge in [0.2, 0.25) is 0 Å². The van der Waals surface area contributed by atoms with E-state index < -0.39 is 17.6 Å². The van der Waals surface area contributed by atoms with Gasteiger partial charge in [0.1, 0.15) is 11.7 Å². The minimum atomic E-state index is -4.60.